The number of benzene rings is 1. The largest absolute Gasteiger partial charge is 0.489 e. The van der Waals surface area contributed by atoms with Gasteiger partial charge in [0.25, 0.3) is 5.91 Å². The fraction of sp³-hybridized carbons (Fsp3) is 0.333. The first-order valence-electron chi connectivity index (χ1n) is 8.98. The number of carbonyl (C=O) groups is 2. The van der Waals surface area contributed by atoms with Gasteiger partial charge >= 0.3 is 0 Å². The zero-order valence-electron chi connectivity index (χ0n) is 17.0. The summed E-state index contributed by atoms with van der Waals surface area (Å²) in [4.78, 5) is 23.8. The Labute approximate surface area is 175 Å². The Bertz CT molecular complexity index is 834. The lowest BCUT2D eigenvalue weighted by Crippen LogP contribution is -2.29. The first-order valence-corrected chi connectivity index (χ1v) is 9.36. The Balaban J connectivity index is 2.96. The molecule has 0 heterocycles. The summed E-state index contributed by atoms with van der Waals surface area (Å²) in [5.74, 6) is -0.343. The van der Waals surface area contributed by atoms with Crippen molar-refractivity contribution in [1.82, 2.24) is 10.6 Å². The predicted molar refractivity (Wildman–Crippen MR) is 113 cm³/mol. The molecule has 0 aromatic heterocycles. The number of allylic oxidation sites excluding steroid dienone is 2. The van der Waals surface area contributed by atoms with Crippen molar-refractivity contribution >= 4 is 23.4 Å². The van der Waals surface area contributed by atoms with Crippen molar-refractivity contribution in [3.63, 3.8) is 0 Å². The van der Waals surface area contributed by atoms with Crippen LogP contribution in [0.5, 0.6) is 5.75 Å². The number of ether oxygens (including phenoxy) is 1. The van der Waals surface area contributed by atoms with Gasteiger partial charge < -0.3 is 21.1 Å². The minimum absolute atomic E-state index is 0.0411. The molecule has 0 saturated heterocycles. The quantitative estimate of drug-likeness (QED) is 0.417. The molecule has 0 aliphatic carbocycles. The average Bonchev–Trinajstić information content (AvgIpc) is 2.58. The molecule has 6 nitrogen and oxygen atoms in total. The summed E-state index contributed by atoms with van der Waals surface area (Å²) in [6.07, 6.45) is 1.80. The number of alkyl halides is 1. The summed E-state index contributed by atoms with van der Waals surface area (Å²) in [7, 11) is 0. The molecule has 4 N–H and O–H groups in total. The molecule has 29 heavy (non-hydrogen) atoms. The van der Waals surface area contributed by atoms with E-state index in [0.29, 0.717) is 16.3 Å². The monoisotopic (exact) mass is 423 g/mol. The van der Waals surface area contributed by atoms with Crippen LogP contribution in [0, 0.1) is 0 Å². The molecule has 0 bridgehead atoms. The molecule has 0 aliphatic heterocycles. The van der Waals surface area contributed by atoms with E-state index in [0.717, 1.165) is 5.56 Å². The van der Waals surface area contributed by atoms with E-state index in [9.17, 15) is 14.0 Å². The zero-order valence-corrected chi connectivity index (χ0v) is 17.8. The molecule has 0 radical (unpaired) electrons. The number of halogens is 2. The van der Waals surface area contributed by atoms with Gasteiger partial charge in [0, 0.05) is 12.5 Å². The Kier molecular flexibility index (Phi) is 9.41. The van der Waals surface area contributed by atoms with Gasteiger partial charge in [-0.2, -0.15) is 0 Å². The molecular weight excluding hydrogens is 397 g/mol. The van der Waals surface area contributed by atoms with Crippen molar-refractivity contribution < 1.29 is 18.7 Å². The zero-order chi connectivity index (χ0) is 22.1. The van der Waals surface area contributed by atoms with E-state index in [4.69, 9.17) is 22.1 Å². The highest BCUT2D eigenvalue weighted by Gasteiger charge is 2.15. The summed E-state index contributed by atoms with van der Waals surface area (Å²) in [5.41, 5.74) is 7.35. The van der Waals surface area contributed by atoms with Gasteiger partial charge in [-0.3, -0.25) is 9.59 Å². The third-order valence-electron chi connectivity index (χ3n) is 3.57. The van der Waals surface area contributed by atoms with Crippen LogP contribution in [0.2, 0.25) is 5.02 Å². The van der Waals surface area contributed by atoms with E-state index < -0.39 is 18.1 Å². The SMILES string of the molecule is C=C(C)/C=C(\C=C(/N)NC(C)=O)C(=O)NC(C)c1ccc(OC[C@@H](C)F)c(Cl)c1. The van der Waals surface area contributed by atoms with E-state index >= 15 is 0 Å². The van der Waals surface area contributed by atoms with Crippen molar-refractivity contribution in [2.45, 2.75) is 39.9 Å². The van der Waals surface area contributed by atoms with Crippen molar-refractivity contribution in [1.29, 1.82) is 0 Å². The van der Waals surface area contributed by atoms with Gasteiger partial charge in [-0.05, 0) is 50.6 Å². The lowest BCUT2D eigenvalue weighted by atomic mass is 10.1. The highest BCUT2D eigenvalue weighted by molar-refractivity contribution is 6.32. The van der Waals surface area contributed by atoms with Crippen molar-refractivity contribution in [2.24, 2.45) is 5.73 Å². The number of hydrogen-bond acceptors (Lipinski definition) is 4. The number of nitrogens with two attached hydrogens (primary N) is 1. The molecule has 0 aliphatic rings. The minimum Gasteiger partial charge on any atom is -0.489 e. The molecule has 1 unspecified atom stereocenters. The average molecular weight is 424 g/mol. The molecule has 0 spiro atoms. The van der Waals surface area contributed by atoms with Crippen molar-refractivity contribution in [3.05, 3.63) is 64.5 Å². The van der Waals surface area contributed by atoms with Crippen LogP contribution in [-0.2, 0) is 9.59 Å². The summed E-state index contributed by atoms with van der Waals surface area (Å²) in [5, 5.41) is 5.56. The van der Waals surface area contributed by atoms with Crippen molar-refractivity contribution in [2.75, 3.05) is 6.61 Å². The maximum atomic E-state index is 12.9. The maximum absolute atomic E-state index is 12.9. The fourth-order valence-corrected chi connectivity index (χ4v) is 2.56. The topological polar surface area (TPSA) is 93.5 Å². The van der Waals surface area contributed by atoms with E-state index in [1.54, 1.807) is 38.1 Å². The third-order valence-corrected chi connectivity index (χ3v) is 3.86. The van der Waals surface area contributed by atoms with Crippen LogP contribution in [0.15, 0.2) is 53.9 Å². The van der Waals surface area contributed by atoms with Gasteiger partial charge in [-0.1, -0.05) is 29.8 Å². The molecular formula is C21H27ClFN3O3. The van der Waals surface area contributed by atoms with Crippen LogP contribution in [0.3, 0.4) is 0 Å². The second-order valence-electron chi connectivity index (χ2n) is 6.70. The van der Waals surface area contributed by atoms with Crippen LogP contribution >= 0.6 is 11.6 Å². The van der Waals surface area contributed by atoms with E-state index in [-0.39, 0.29) is 23.9 Å². The molecule has 0 fully saturated rings. The number of carbonyl (C=O) groups excluding carboxylic acids is 2. The van der Waals surface area contributed by atoms with Gasteiger partial charge in [-0.25, -0.2) is 4.39 Å². The number of nitrogens with one attached hydrogen (secondary N) is 2. The summed E-state index contributed by atoms with van der Waals surface area (Å²) >= 11 is 6.19. The van der Waals surface area contributed by atoms with Crippen LogP contribution in [-0.4, -0.2) is 24.6 Å². The van der Waals surface area contributed by atoms with Crippen LogP contribution < -0.4 is 21.1 Å². The molecule has 1 rings (SSSR count). The normalized spacial score (nSPS) is 14.0. The van der Waals surface area contributed by atoms with E-state index in [1.165, 1.54) is 19.9 Å². The molecule has 1 aromatic rings. The highest BCUT2D eigenvalue weighted by atomic mass is 35.5. The summed E-state index contributed by atoms with van der Waals surface area (Å²) in [6.45, 7) is 9.89. The maximum Gasteiger partial charge on any atom is 0.251 e. The van der Waals surface area contributed by atoms with Crippen LogP contribution in [0.25, 0.3) is 0 Å². The standard InChI is InChI=1S/C21H27ClFN3O3/c1-12(2)8-17(10-20(24)26-15(5)27)21(28)25-14(4)16-6-7-19(18(22)9-16)29-11-13(3)23/h6-10,13-14H,1,11,24H2,2-5H3,(H,25,28)(H,26,27)/b17-8+,20-10+/t13-,14?/m1/s1. The molecule has 1 aromatic carbocycles. The highest BCUT2D eigenvalue weighted by Crippen LogP contribution is 2.28. The predicted octanol–water partition coefficient (Wildman–Crippen LogP) is 3.69. The summed E-state index contributed by atoms with van der Waals surface area (Å²) in [6, 6.07) is 4.62. The lowest BCUT2D eigenvalue weighted by Gasteiger charge is -2.17. The van der Waals surface area contributed by atoms with Crippen LogP contribution in [0.1, 0.15) is 39.3 Å². The Morgan fingerprint density at radius 3 is 2.48 bits per heavy atom. The lowest BCUT2D eigenvalue weighted by molar-refractivity contribution is -0.119. The Hall–Kier alpha value is -2.80. The van der Waals surface area contributed by atoms with Crippen molar-refractivity contribution in [3.8, 4) is 5.75 Å². The molecule has 8 heteroatoms. The molecule has 0 saturated carbocycles. The third kappa shape index (κ3) is 8.83. The first-order chi connectivity index (χ1) is 13.5. The number of amides is 2. The van der Waals surface area contributed by atoms with Gasteiger partial charge in [0.05, 0.1) is 11.1 Å². The van der Waals surface area contributed by atoms with Gasteiger partial charge in [0.1, 0.15) is 24.3 Å². The van der Waals surface area contributed by atoms with Crippen LogP contribution in [0.4, 0.5) is 4.39 Å². The Morgan fingerprint density at radius 1 is 1.31 bits per heavy atom. The van der Waals surface area contributed by atoms with E-state index in [1.807, 2.05) is 0 Å². The Morgan fingerprint density at radius 2 is 1.97 bits per heavy atom. The van der Waals surface area contributed by atoms with Gasteiger partial charge in [0.2, 0.25) is 5.91 Å². The second kappa shape index (κ2) is 11.3. The van der Waals surface area contributed by atoms with E-state index in [2.05, 4.69) is 17.2 Å². The number of hydrogen-bond donors (Lipinski definition) is 3. The fourth-order valence-electron chi connectivity index (χ4n) is 2.32. The second-order valence-corrected chi connectivity index (χ2v) is 7.11. The molecule has 2 amide bonds. The molecule has 158 valence electrons. The first kappa shape index (κ1) is 24.2. The minimum atomic E-state index is -1.11. The number of rotatable bonds is 9. The smallest absolute Gasteiger partial charge is 0.251 e. The van der Waals surface area contributed by atoms with Gasteiger partial charge in [0.15, 0.2) is 0 Å². The molecule has 2 atom stereocenters. The van der Waals surface area contributed by atoms with Gasteiger partial charge in [-0.15, -0.1) is 0 Å². The summed E-state index contributed by atoms with van der Waals surface area (Å²) < 4.78 is 18.2.